The van der Waals surface area contributed by atoms with E-state index in [0.29, 0.717) is 5.02 Å². The summed E-state index contributed by atoms with van der Waals surface area (Å²) in [6, 6.07) is 10.5. The third-order valence-corrected chi connectivity index (χ3v) is 3.39. The predicted octanol–water partition coefficient (Wildman–Crippen LogP) is 5.04. The van der Waals surface area contributed by atoms with Crippen LogP contribution in [-0.2, 0) is 0 Å². The van der Waals surface area contributed by atoms with Gasteiger partial charge in [-0.1, -0.05) is 35.9 Å². The van der Waals surface area contributed by atoms with Crippen molar-refractivity contribution in [2.75, 3.05) is 0 Å². The fourth-order valence-electron chi connectivity index (χ4n) is 1.89. The van der Waals surface area contributed by atoms with Crippen LogP contribution in [-0.4, -0.2) is 4.92 Å². The molecular weight excluding hydrogens is 274 g/mol. The van der Waals surface area contributed by atoms with Gasteiger partial charge in [-0.25, -0.2) is 0 Å². The number of benzene rings is 2. The van der Waals surface area contributed by atoms with Crippen molar-refractivity contribution in [3.05, 3.63) is 73.8 Å². The average Bonchev–Trinajstić information content (AvgIpc) is 2.41. The first kappa shape index (κ1) is 14.3. The molecule has 0 atom stereocenters. The maximum absolute atomic E-state index is 10.8. The highest BCUT2D eigenvalue weighted by Crippen LogP contribution is 2.21. The average molecular weight is 288 g/mol. The van der Waals surface area contributed by atoms with Gasteiger partial charge in [0.25, 0.3) is 5.69 Å². The lowest BCUT2D eigenvalue weighted by Gasteiger charge is -2.03. The van der Waals surface area contributed by atoms with Crippen LogP contribution in [0, 0.1) is 24.0 Å². The molecule has 0 aliphatic rings. The second-order valence-electron chi connectivity index (χ2n) is 4.63. The molecular formula is C16H14ClNO2. The molecule has 0 saturated carbocycles. The van der Waals surface area contributed by atoms with Gasteiger partial charge in [-0.05, 0) is 48.2 Å². The van der Waals surface area contributed by atoms with Gasteiger partial charge in [-0.3, -0.25) is 10.1 Å². The van der Waals surface area contributed by atoms with E-state index in [1.54, 1.807) is 12.1 Å². The van der Waals surface area contributed by atoms with Crippen molar-refractivity contribution in [1.82, 2.24) is 0 Å². The Kier molecular flexibility index (Phi) is 4.20. The smallest absolute Gasteiger partial charge is 0.258 e. The van der Waals surface area contributed by atoms with Crippen LogP contribution in [0.5, 0.6) is 0 Å². The Hall–Kier alpha value is -2.13. The molecule has 0 aliphatic heterocycles. The Labute approximate surface area is 122 Å². The second kappa shape index (κ2) is 5.88. The van der Waals surface area contributed by atoms with Crippen LogP contribution in [0.3, 0.4) is 0 Å². The van der Waals surface area contributed by atoms with Crippen LogP contribution in [0.1, 0.15) is 22.3 Å². The van der Waals surface area contributed by atoms with E-state index >= 15 is 0 Å². The summed E-state index contributed by atoms with van der Waals surface area (Å²) in [4.78, 5) is 10.4. The summed E-state index contributed by atoms with van der Waals surface area (Å²) in [6.07, 6.45) is 3.80. The first-order valence-electron chi connectivity index (χ1n) is 6.16. The Balaban J connectivity index is 2.38. The molecule has 0 radical (unpaired) electrons. The highest BCUT2D eigenvalue weighted by molar-refractivity contribution is 6.30. The lowest BCUT2D eigenvalue weighted by molar-refractivity contribution is -0.384. The Bertz CT molecular complexity index is 693. The summed E-state index contributed by atoms with van der Waals surface area (Å²) in [6.45, 7) is 3.92. The topological polar surface area (TPSA) is 43.1 Å². The minimum absolute atomic E-state index is 0.0954. The van der Waals surface area contributed by atoms with Crippen molar-refractivity contribution in [3.63, 3.8) is 0 Å². The number of halogens is 1. The van der Waals surface area contributed by atoms with Crippen molar-refractivity contribution in [2.45, 2.75) is 13.8 Å². The molecule has 0 bridgehead atoms. The van der Waals surface area contributed by atoms with E-state index in [-0.39, 0.29) is 10.6 Å². The quantitative estimate of drug-likeness (QED) is 0.451. The van der Waals surface area contributed by atoms with Gasteiger partial charge < -0.3 is 0 Å². The van der Waals surface area contributed by atoms with Gasteiger partial charge in [0.1, 0.15) is 0 Å². The molecule has 102 valence electrons. The Morgan fingerprint density at radius 1 is 1.00 bits per heavy atom. The Morgan fingerprint density at radius 2 is 1.55 bits per heavy atom. The molecule has 0 spiro atoms. The van der Waals surface area contributed by atoms with Crippen molar-refractivity contribution < 1.29 is 4.92 Å². The molecule has 4 heteroatoms. The van der Waals surface area contributed by atoms with Crippen molar-refractivity contribution in [2.24, 2.45) is 0 Å². The molecule has 0 heterocycles. The van der Waals surface area contributed by atoms with Crippen molar-refractivity contribution in [1.29, 1.82) is 0 Å². The molecule has 0 N–H and O–H groups in total. The lowest BCUT2D eigenvalue weighted by atomic mass is 10.0. The first-order valence-corrected chi connectivity index (χ1v) is 6.54. The van der Waals surface area contributed by atoms with Crippen LogP contribution in [0.15, 0.2) is 36.4 Å². The van der Waals surface area contributed by atoms with E-state index in [9.17, 15) is 10.1 Å². The van der Waals surface area contributed by atoms with Crippen LogP contribution < -0.4 is 0 Å². The number of hydrogen-bond acceptors (Lipinski definition) is 2. The maximum Gasteiger partial charge on any atom is 0.270 e. The highest BCUT2D eigenvalue weighted by Gasteiger charge is 2.06. The number of nitro groups is 1. The molecule has 0 amide bonds. The van der Waals surface area contributed by atoms with Crippen LogP contribution in [0.4, 0.5) is 5.69 Å². The summed E-state index contributed by atoms with van der Waals surface area (Å²) in [5.74, 6) is 0. The zero-order valence-electron chi connectivity index (χ0n) is 11.3. The largest absolute Gasteiger partial charge is 0.270 e. The normalized spacial score (nSPS) is 10.9. The van der Waals surface area contributed by atoms with Crippen LogP contribution in [0.2, 0.25) is 5.02 Å². The van der Waals surface area contributed by atoms with Gasteiger partial charge >= 0.3 is 0 Å². The third kappa shape index (κ3) is 3.25. The fraction of sp³-hybridized carbons (Fsp3) is 0.125. The fourth-order valence-corrected chi connectivity index (χ4v) is 2.07. The second-order valence-corrected chi connectivity index (χ2v) is 5.07. The minimum atomic E-state index is -0.387. The zero-order valence-corrected chi connectivity index (χ0v) is 12.0. The van der Waals surface area contributed by atoms with E-state index in [1.165, 1.54) is 6.07 Å². The van der Waals surface area contributed by atoms with E-state index in [2.05, 4.69) is 0 Å². The van der Waals surface area contributed by atoms with Gasteiger partial charge in [0.05, 0.1) is 4.92 Å². The molecule has 0 aliphatic carbocycles. The van der Waals surface area contributed by atoms with Gasteiger partial charge in [0.2, 0.25) is 0 Å². The van der Waals surface area contributed by atoms with Gasteiger partial charge in [-0.15, -0.1) is 0 Å². The SMILES string of the molecule is Cc1ccc(Cl)cc1/C=C/c1cc([N+](=O)[O-])ccc1C. The third-order valence-electron chi connectivity index (χ3n) is 3.16. The van der Waals surface area contributed by atoms with Crippen LogP contribution >= 0.6 is 11.6 Å². The lowest BCUT2D eigenvalue weighted by Crippen LogP contribution is -1.90. The highest BCUT2D eigenvalue weighted by atomic mass is 35.5. The summed E-state index contributed by atoms with van der Waals surface area (Å²) in [5, 5.41) is 11.5. The maximum atomic E-state index is 10.8. The number of rotatable bonds is 3. The molecule has 0 aromatic heterocycles. The molecule has 20 heavy (non-hydrogen) atoms. The van der Waals surface area contributed by atoms with E-state index in [1.807, 2.05) is 44.2 Å². The molecule has 0 fully saturated rings. The number of nitrogens with zero attached hydrogens (tertiary/aromatic N) is 1. The summed E-state index contributed by atoms with van der Waals surface area (Å²) in [5.41, 5.74) is 4.03. The monoisotopic (exact) mass is 287 g/mol. The molecule has 0 saturated heterocycles. The summed E-state index contributed by atoms with van der Waals surface area (Å²) in [7, 11) is 0. The van der Waals surface area contributed by atoms with Crippen molar-refractivity contribution >= 4 is 29.4 Å². The summed E-state index contributed by atoms with van der Waals surface area (Å²) < 4.78 is 0. The molecule has 2 rings (SSSR count). The summed E-state index contributed by atoms with van der Waals surface area (Å²) >= 11 is 5.97. The molecule has 0 unspecified atom stereocenters. The van der Waals surface area contributed by atoms with E-state index in [0.717, 1.165) is 22.3 Å². The van der Waals surface area contributed by atoms with Gasteiger partial charge in [0.15, 0.2) is 0 Å². The number of aryl methyl sites for hydroxylation is 2. The number of hydrogen-bond donors (Lipinski definition) is 0. The van der Waals surface area contributed by atoms with E-state index < -0.39 is 0 Å². The van der Waals surface area contributed by atoms with Crippen LogP contribution in [0.25, 0.3) is 12.2 Å². The minimum Gasteiger partial charge on any atom is -0.258 e. The van der Waals surface area contributed by atoms with E-state index in [4.69, 9.17) is 11.6 Å². The molecule has 2 aromatic carbocycles. The molecule has 3 nitrogen and oxygen atoms in total. The number of non-ortho nitro benzene ring substituents is 1. The van der Waals surface area contributed by atoms with Crippen molar-refractivity contribution in [3.8, 4) is 0 Å². The zero-order chi connectivity index (χ0) is 14.7. The first-order chi connectivity index (χ1) is 9.47. The predicted molar refractivity (Wildman–Crippen MR) is 83.0 cm³/mol. The molecule has 2 aromatic rings. The number of nitro benzene ring substituents is 1. The van der Waals surface area contributed by atoms with Gasteiger partial charge in [-0.2, -0.15) is 0 Å². The Morgan fingerprint density at radius 3 is 2.15 bits per heavy atom. The standard InChI is InChI=1S/C16H14ClNO2/c1-11-3-7-15(17)9-13(11)5-6-14-10-16(18(19)20)8-4-12(14)2/h3-10H,1-2H3/b6-5+. The van der Waals surface area contributed by atoms with Gasteiger partial charge in [0, 0.05) is 17.2 Å².